The van der Waals surface area contributed by atoms with E-state index in [9.17, 15) is 14.7 Å². The molecule has 2 aliphatic heterocycles. The summed E-state index contributed by atoms with van der Waals surface area (Å²) >= 11 is 0. The number of aliphatic hydroxyl groups excluding tert-OH is 1. The Bertz CT molecular complexity index is 1360. The van der Waals surface area contributed by atoms with Crippen molar-refractivity contribution in [2.75, 3.05) is 36.0 Å². The normalized spacial score (nSPS) is 20.8. The zero-order valence-corrected chi connectivity index (χ0v) is 24.5. The van der Waals surface area contributed by atoms with Crippen LogP contribution in [0, 0.1) is 0 Å². The Labute approximate surface area is 253 Å². The minimum atomic E-state index is -0.586. The first kappa shape index (κ1) is 30.7. The highest BCUT2D eigenvalue weighted by atomic mass is 16.7. The van der Waals surface area contributed by atoms with Gasteiger partial charge in [-0.3, -0.25) is 9.59 Å². The number of ether oxygens (including phenoxy) is 2. The van der Waals surface area contributed by atoms with Gasteiger partial charge in [0, 0.05) is 37.1 Å². The summed E-state index contributed by atoms with van der Waals surface area (Å²) in [5.74, 6) is -0.349. The van der Waals surface area contributed by atoms with Crippen LogP contribution in [0.4, 0.5) is 17.1 Å². The van der Waals surface area contributed by atoms with Crippen LogP contribution in [-0.4, -0.2) is 47.6 Å². The lowest BCUT2D eigenvalue weighted by Crippen LogP contribution is -2.41. The first-order chi connectivity index (χ1) is 21.0. The van der Waals surface area contributed by atoms with Gasteiger partial charge in [-0.2, -0.15) is 0 Å². The number of hydrogen-bond acceptors (Lipinski definition) is 7. The minimum Gasteiger partial charge on any atom is -0.397 e. The molecule has 2 aliphatic rings. The molecule has 0 aliphatic carbocycles. The van der Waals surface area contributed by atoms with Crippen molar-refractivity contribution < 1.29 is 24.2 Å². The van der Waals surface area contributed by atoms with Crippen LogP contribution < -0.4 is 16.4 Å². The maximum atomic E-state index is 12.7. The molecule has 2 saturated heterocycles. The zero-order valence-electron chi connectivity index (χ0n) is 24.5. The number of anilines is 3. The molecule has 9 heteroatoms. The molecule has 2 amide bonds. The van der Waals surface area contributed by atoms with Gasteiger partial charge in [0.25, 0.3) is 0 Å². The van der Waals surface area contributed by atoms with E-state index in [1.807, 2.05) is 48.5 Å². The van der Waals surface area contributed by atoms with Crippen molar-refractivity contribution in [3.63, 3.8) is 0 Å². The van der Waals surface area contributed by atoms with Crippen molar-refractivity contribution in [3.05, 3.63) is 89.5 Å². The lowest BCUT2D eigenvalue weighted by Gasteiger charge is -2.39. The number of likely N-dealkylation sites (tertiary alicyclic amines) is 1. The van der Waals surface area contributed by atoms with Gasteiger partial charge in [0.15, 0.2) is 6.29 Å². The van der Waals surface area contributed by atoms with Crippen LogP contribution in [-0.2, 0) is 25.7 Å². The fourth-order valence-corrected chi connectivity index (χ4v) is 5.68. The Morgan fingerprint density at radius 1 is 0.860 bits per heavy atom. The quantitative estimate of drug-likeness (QED) is 0.217. The predicted molar refractivity (Wildman–Crippen MR) is 167 cm³/mol. The van der Waals surface area contributed by atoms with Gasteiger partial charge < -0.3 is 35.8 Å². The molecule has 43 heavy (non-hydrogen) atoms. The van der Waals surface area contributed by atoms with Crippen molar-refractivity contribution >= 4 is 28.9 Å². The molecule has 0 unspecified atom stereocenters. The number of hydrogen-bond donors (Lipinski definition) is 4. The van der Waals surface area contributed by atoms with E-state index in [0.717, 1.165) is 42.7 Å². The summed E-state index contributed by atoms with van der Waals surface area (Å²) in [5, 5.41) is 15.2. The topological polar surface area (TPSA) is 126 Å². The van der Waals surface area contributed by atoms with Crippen LogP contribution in [0.5, 0.6) is 0 Å². The van der Waals surface area contributed by atoms with Crippen molar-refractivity contribution in [2.24, 2.45) is 0 Å². The lowest BCUT2D eigenvalue weighted by molar-refractivity contribution is -0.253. The molecule has 2 heterocycles. The van der Waals surface area contributed by atoms with Gasteiger partial charge in [-0.25, -0.2) is 0 Å². The molecule has 3 aromatic carbocycles. The van der Waals surface area contributed by atoms with Crippen LogP contribution >= 0.6 is 0 Å². The molecule has 0 spiro atoms. The van der Waals surface area contributed by atoms with Gasteiger partial charge in [0.1, 0.15) is 0 Å². The molecular formula is C34H42N4O5. The highest BCUT2D eigenvalue weighted by Crippen LogP contribution is 2.39. The summed E-state index contributed by atoms with van der Waals surface area (Å²) in [6.45, 7) is 3.03. The Kier molecular flexibility index (Phi) is 10.8. The van der Waals surface area contributed by atoms with Crippen LogP contribution in [0.25, 0.3) is 0 Å². The number of nitrogens with two attached hydrogens (primary N) is 1. The Morgan fingerprint density at radius 2 is 1.60 bits per heavy atom. The SMILES string of the molecule is Nc1ccccc1NC(=O)CCCC(=O)Nc1cccc([C@H]2O[C@@H](CN3CCCCC3)C[C@@H](c3ccc(CO)cc3)O2)c1. The first-order valence-electron chi connectivity index (χ1n) is 15.2. The minimum absolute atomic E-state index is 0.00362. The smallest absolute Gasteiger partial charge is 0.224 e. The Morgan fingerprint density at radius 3 is 2.35 bits per heavy atom. The molecule has 3 aromatic rings. The molecule has 0 aromatic heterocycles. The molecule has 9 nitrogen and oxygen atoms in total. The number of piperidine rings is 1. The Balaban J connectivity index is 1.19. The third-order valence-electron chi connectivity index (χ3n) is 8.01. The molecular weight excluding hydrogens is 544 g/mol. The number of carbonyl (C=O) groups is 2. The number of rotatable bonds is 11. The summed E-state index contributed by atoms with van der Waals surface area (Å²) in [6.07, 6.45) is 4.54. The summed E-state index contributed by atoms with van der Waals surface area (Å²) in [6, 6.07) is 22.5. The van der Waals surface area contributed by atoms with E-state index in [1.165, 1.54) is 19.3 Å². The number of nitrogens with zero attached hydrogens (tertiary/aromatic N) is 1. The van der Waals surface area contributed by atoms with E-state index < -0.39 is 6.29 Å². The van der Waals surface area contributed by atoms with Crippen LogP contribution in [0.2, 0.25) is 0 Å². The van der Waals surface area contributed by atoms with E-state index in [1.54, 1.807) is 24.3 Å². The second-order valence-corrected chi connectivity index (χ2v) is 11.4. The zero-order chi connectivity index (χ0) is 30.0. The number of benzene rings is 3. The van der Waals surface area contributed by atoms with Gasteiger partial charge >= 0.3 is 0 Å². The van der Waals surface area contributed by atoms with Gasteiger partial charge in [0.05, 0.1) is 30.2 Å². The van der Waals surface area contributed by atoms with Crippen LogP contribution in [0.3, 0.4) is 0 Å². The highest BCUT2D eigenvalue weighted by Gasteiger charge is 2.33. The third-order valence-corrected chi connectivity index (χ3v) is 8.01. The van der Waals surface area contributed by atoms with E-state index in [0.29, 0.717) is 23.5 Å². The van der Waals surface area contributed by atoms with Gasteiger partial charge in [-0.15, -0.1) is 0 Å². The van der Waals surface area contributed by atoms with Crippen molar-refractivity contribution in [3.8, 4) is 0 Å². The Hall–Kier alpha value is -3.76. The summed E-state index contributed by atoms with van der Waals surface area (Å²) in [4.78, 5) is 27.5. The fraction of sp³-hybridized carbons (Fsp3) is 0.412. The van der Waals surface area contributed by atoms with Gasteiger partial charge in [0.2, 0.25) is 11.8 Å². The second kappa shape index (κ2) is 15.1. The van der Waals surface area contributed by atoms with Crippen molar-refractivity contribution in [1.29, 1.82) is 0 Å². The average Bonchev–Trinajstić information content (AvgIpc) is 3.03. The number of amides is 2. The molecule has 5 N–H and O–H groups in total. The molecule has 2 fully saturated rings. The second-order valence-electron chi connectivity index (χ2n) is 11.4. The summed E-state index contributed by atoms with van der Waals surface area (Å²) < 4.78 is 13.0. The summed E-state index contributed by atoms with van der Waals surface area (Å²) in [7, 11) is 0. The fourth-order valence-electron chi connectivity index (χ4n) is 5.68. The number of para-hydroxylation sites is 2. The number of aliphatic hydroxyl groups is 1. The molecule has 228 valence electrons. The van der Waals surface area contributed by atoms with E-state index >= 15 is 0 Å². The van der Waals surface area contributed by atoms with Gasteiger partial charge in [-0.05, 0) is 67.7 Å². The molecule has 0 radical (unpaired) electrons. The lowest BCUT2D eigenvalue weighted by atomic mass is 9.99. The maximum absolute atomic E-state index is 12.7. The molecule has 5 rings (SSSR count). The van der Waals surface area contributed by atoms with Crippen LogP contribution in [0.15, 0.2) is 72.8 Å². The highest BCUT2D eigenvalue weighted by molar-refractivity contribution is 5.94. The van der Waals surface area contributed by atoms with Crippen molar-refractivity contribution in [1.82, 2.24) is 4.90 Å². The van der Waals surface area contributed by atoms with E-state index in [4.69, 9.17) is 15.2 Å². The van der Waals surface area contributed by atoms with E-state index in [-0.39, 0.29) is 43.5 Å². The number of carbonyl (C=O) groups excluding carboxylic acids is 2. The maximum Gasteiger partial charge on any atom is 0.224 e. The molecule has 0 bridgehead atoms. The van der Waals surface area contributed by atoms with Crippen molar-refractivity contribution in [2.45, 2.75) is 70.1 Å². The average molecular weight is 587 g/mol. The predicted octanol–water partition coefficient (Wildman–Crippen LogP) is 5.54. The van der Waals surface area contributed by atoms with Crippen LogP contribution in [0.1, 0.15) is 74.0 Å². The molecule has 3 atom stereocenters. The third kappa shape index (κ3) is 8.87. The number of nitrogen functional groups attached to an aromatic ring is 1. The standard InChI is InChI=1S/C34H42N4O5/c35-29-10-2-3-11-30(29)37-33(41)13-7-12-32(40)36-27-9-6-8-26(20-27)34-42-28(22-38-18-4-1-5-19-38)21-31(43-34)25-16-14-24(23-39)15-17-25/h2-3,6,8-11,14-17,20,28,31,34,39H,1,4-5,7,12-13,18-19,21-23,35H2,(H,36,40)(H,37,41)/t28-,31+,34+/m1/s1. The van der Waals surface area contributed by atoms with Gasteiger partial charge in [-0.1, -0.05) is 55.0 Å². The first-order valence-corrected chi connectivity index (χ1v) is 15.2. The number of nitrogens with one attached hydrogen (secondary N) is 2. The molecule has 0 saturated carbocycles. The summed E-state index contributed by atoms with van der Waals surface area (Å²) in [5.41, 5.74) is 10.4. The largest absolute Gasteiger partial charge is 0.397 e. The monoisotopic (exact) mass is 586 g/mol. The van der Waals surface area contributed by atoms with E-state index in [2.05, 4.69) is 15.5 Å².